The molecule has 0 bridgehead atoms. The van der Waals surface area contributed by atoms with E-state index in [0.29, 0.717) is 0 Å². The highest BCUT2D eigenvalue weighted by molar-refractivity contribution is 5.89. The number of nitrogens with one attached hydrogen (secondary N) is 2. The van der Waals surface area contributed by atoms with Crippen molar-refractivity contribution in [3.05, 3.63) is 59.7 Å². The van der Waals surface area contributed by atoms with Gasteiger partial charge in [-0.1, -0.05) is 48.5 Å². The standard InChI is InChI=1S/C26H31N3O6/c1-26(24(32)27-21(23(30)31)12-29(2)3)15-34-14-22(26)28-25(33)35-13-20-18-10-6-4-8-16(18)17-9-5-7-11-19(17)20/h4-11,20-22H,12-15H2,1-3H3,(H,27,32)(H,28,33)(H,30,31)/t21-,22?,26?/m0/s1. The second-order valence-corrected chi connectivity index (χ2v) is 9.58. The molecule has 1 fully saturated rings. The summed E-state index contributed by atoms with van der Waals surface area (Å²) in [5.74, 6) is -1.70. The summed E-state index contributed by atoms with van der Waals surface area (Å²) in [6.45, 7) is 2.13. The Labute approximate surface area is 204 Å². The Morgan fingerprint density at radius 3 is 2.29 bits per heavy atom. The molecular weight excluding hydrogens is 450 g/mol. The number of carboxylic acids is 1. The third-order valence-electron chi connectivity index (χ3n) is 6.76. The Hall–Kier alpha value is -3.43. The molecule has 3 N–H and O–H groups in total. The molecule has 186 valence electrons. The molecule has 9 heteroatoms. The third-order valence-corrected chi connectivity index (χ3v) is 6.76. The van der Waals surface area contributed by atoms with Crippen LogP contribution in [0.5, 0.6) is 0 Å². The average molecular weight is 482 g/mol. The summed E-state index contributed by atoms with van der Waals surface area (Å²) in [6.07, 6.45) is -0.649. The zero-order valence-corrected chi connectivity index (χ0v) is 20.1. The molecule has 2 unspecified atom stereocenters. The van der Waals surface area contributed by atoms with Crippen molar-refractivity contribution in [2.75, 3.05) is 40.5 Å². The van der Waals surface area contributed by atoms with E-state index in [9.17, 15) is 19.5 Å². The van der Waals surface area contributed by atoms with Crippen molar-refractivity contribution in [1.29, 1.82) is 0 Å². The van der Waals surface area contributed by atoms with Gasteiger partial charge in [0.25, 0.3) is 0 Å². The molecule has 9 nitrogen and oxygen atoms in total. The van der Waals surface area contributed by atoms with Gasteiger partial charge in [-0.3, -0.25) is 4.79 Å². The number of ether oxygens (including phenoxy) is 2. The van der Waals surface area contributed by atoms with E-state index in [2.05, 4.69) is 22.8 Å². The third kappa shape index (κ3) is 5.01. The van der Waals surface area contributed by atoms with E-state index in [1.54, 1.807) is 25.9 Å². The summed E-state index contributed by atoms with van der Waals surface area (Å²) in [5.41, 5.74) is 3.35. The normalized spacial score (nSPS) is 21.8. The monoisotopic (exact) mass is 481 g/mol. The van der Waals surface area contributed by atoms with Gasteiger partial charge in [0.1, 0.15) is 12.6 Å². The van der Waals surface area contributed by atoms with Gasteiger partial charge < -0.3 is 30.1 Å². The number of amides is 2. The van der Waals surface area contributed by atoms with Crippen molar-refractivity contribution in [1.82, 2.24) is 15.5 Å². The number of fused-ring (bicyclic) bond motifs is 3. The molecule has 0 aromatic heterocycles. The Morgan fingerprint density at radius 2 is 1.71 bits per heavy atom. The zero-order valence-electron chi connectivity index (χ0n) is 20.1. The molecule has 2 aromatic carbocycles. The first-order chi connectivity index (χ1) is 16.7. The summed E-state index contributed by atoms with van der Waals surface area (Å²) in [4.78, 5) is 39.0. The summed E-state index contributed by atoms with van der Waals surface area (Å²) < 4.78 is 11.1. The largest absolute Gasteiger partial charge is 0.480 e. The Bertz CT molecular complexity index is 1070. The maximum atomic E-state index is 13.0. The lowest BCUT2D eigenvalue weighted by molar-refractivity contribution is -0.144. The van der Waals surface area contributed by atoms with Crippen LogP contribution in [0.1, 0.15) is 24.0 Å². The zero-order chi connectivity index (χ0) is 25.2. The van der Waals surface area contributed by atoms with E-state index in [0.717, 1.165) is 22.3 Å². The van der Waals surface area contributed by atoms with E-state index in [-0.39, 0.29) is 32.3 Å². The second kappa shape index (κ2) is 10.1. The van der Waals surface area contributed by atoms with Gasteiger partial charge in [-0.2, -0.15) is 0 Å². The van der Waals surface area contributed by atoms with Crippen molar-refractivity contribution in [2.45, 2.75) is 24.9 Å². The minimum atomic E-state index is -1.13. The first-order valence-corrected chi connectivity index (χ1v) is 11.6. The fourth-order valence-electron chi connectivity index (χ4n) is 4.75. The number of rotatable bonds is 8. The number of carbonyl (C=O) groups is 3. The molecule has 1 aliphatic carbocycles. The van der Waals surface area contributed by atoms with Crippen molar-refractivity contribution < 1.29 is 29.0 Å². The molecule has 1 heterocycles. The summed E-state index contributed by atoms with van der Waals surface area (Å²) in [5, 5.41) is 14.8. The number of carbonyl (C=O) groups excluding carboxylic acids is 2. The van der Waals surface area contributed by atoms with Gasteiger partial charge in [0, 0.05) is 12.5 Å². The molecule has 4 rings (SSSR count). The molecule has 0 saturated carbocycles. The number of likely N-dealkylation sites (N-methyl/N-ethyl adjacent to an activating group) is 1. The molecule has 35 heavy (non-hydrogen) atoms. The number of nitrogens with zero attached hydrogens (tertiary/aromatic N) is 1. The van der Waals surface area contributed by atoms with Crippen molar-refractivity contribution in [3.8, 4) is 11.1 Å². The highest BCUT2D eigenvalue weighted by atomic mass is 16.5. The minimum absolute atomic E-state index is 0.0570. The number of aliphatic carboxylic acids is 1. The molecule has 1 aliphatic heterocycles. The molecule has 2 aliphatic rings. The van der Waals surface area contributed by atoms with Gasteiger partial charge in [-0.25, -0.2) is 9.59 Å². The number of carboxylic acid groups (broad SMARTS) is 1. The fourth-order valence-corrected chi connectivity index (χ4v) is 4.75. The van der Waals surface area contributed by atoms with Crippen LogP contribution in [0.25, 0.3) is 11.1 Å². The van der Waals surface area contributed by atoms with Crippen molar-refractivity contribution in [3.63, 3.8) is 0 Å². The smallest absolute Gasteiger partial charge is 0.407 e. The van der Waals surface area contributed by atoms with Gasteiger partial charge in [0.15, 0.2) is 0 Å². The minimum Gasteiger partial charge on any atom is -0.480 e. The van der Waals surface area contributed by atoms with Crippen LogP contribution in [0.3, 0.4) is 0 Å². The summed E-state index contributed by atoms with van der Waals surface area (Å²) in [6, 6.07) is 14.4. The number of hydrogen-bond donors (Lipinski definition) is 3. The first-order valence-electron chi connectivity index (χ1n) is 11.6. The van der Waals surface area contributed by atoms with Crippen LogP contribution < -0.4 is 10.6 Å². The van der Waals surface area contributed by atoms with Crippen LogP contribution in [-0.4, -0.2) is 80.5 Å². The maximum absolute atomic E-state index is 13.0. The number of alkyl carbamates (subject to hydrolysis) is 1. The predicted octanol–water partition coefficient (Wildman–Crippen LogP) is 2.06. The van der Waals surface area contributed by atoms with E-state index in [4.69, 9.17) is 9.47 Å². The number of hydrogen-bond acceptors (Lipinski definition) is 6. The number of benzene rings is 2. The van der Waals surface area contributed by atoms with Crippen LogP contribution >= 0.6 is 0 Å². The maximum Gasteiger partial charge on any atom is 0.407 e. The lowest BCUT2D eigenvalue weighted by Gasteiger charge is -2.30. The van der Waals surface area contributed by atoms with Crippen LogP contribution in [0.4, 0.5) is 4.79 Å². The van der Waals surface area contributed by atoms with Crippen LogP contribution in [0.2, 0.25) is 0 Å². The molecule has 2 aromatic rings. The SMILES string of the molecule is CN(C)C[C@H](NC(=O)C1(C)COCC1NC(=O)OCC1c2ccccc2-c2ccccc21)C(=O)O. The van der Waals surface area contributed by atoms with Crippen LogP contribution in [0, 0.1) is 5.41 Å². The molecule has 3 atom stereocenters. The Morgan fingerprint density at radius 1 is 1.11 bits per heavy atom. The van der Waals surface area contributed by atoms with E-state index in [1.807, 2.05) is 36.4 Å². The highest BCUT2D eigenvalue weighted by Crippen LogP contribution is 2.44. The summed E-state index contributed by atoms with van der Waals surface area (Å²) in [7, 11) is 3.45. The Kier molecular flexibility index (Phi) is 7.09. The lowest BCUT2D eigenvalue weighted by Crippen LogP contribution is -2.57. The molecule has 1 saturated heterocycles. The topological polar surface area (TPSA) is 117 Å². The van der Waals surface area contributed by atoms with Gasteiger partial charge in [-0.05, 0) is 43.3 Å². The van der Waals surface area contributed by atoms with Crippen molar-refractivity contribution in [2.24, 2.45) is 5.41 Å². The fraction of sp³-hybridized carbons (Fsp3) is 0.423. The van der Waals surface area contributed by atoms with Crippen LogP contribution in [0.15, 0.2) is 48.5 Å². The average Bonchev–Trinajstić information content (AvgIpc) is 3.35. The van der Waals surface area contributed by atoms with Gasteiger partial charge in [0.05, 0.1) is 24.7 Å². The first kappa shape index (κ1) is 24.7. The summed E-state index contributed by atoms with van der Waals surface area (Å²) >= 11 is 0. The predicted molar refractivity (Wildman–Crippen MR) is 129 cm³/mol. The van der Waals surface area contributed by atoms with E-state index < -0.39 is 35.5 Å². The molecule has 0 spiro atoms. The van der Waals surface area contributed by atoms with Gasteiger partial charge in [-0.15, -0.1) is 0 Å². The highest BCUT2D eigenvalue weighted by Gasteiger charge is 2.48. The van der Waals surface area contributed by atoms with E-state index in [1.165, 1.54) is 0 Å². The van der Waals surface area contributed by atoms with Crippen molar-refractivity contribution >= 4 is 18.0 Å². The van der Waals surface area contributed by atoms with Crippen LogP contribution in [-0.2, 0) is 19.1 Å². The molecule has 2 amide bonds. The quantitative estimate of drug-likeness (QED) is 0.528. The second-order valence-electron chi connectivity index (χ2n) is 9.58. The van der Waals surface area contributed by atoms with Gasteiger partial charge >= 0.3 is 12.1 Å². The lowest BCUT2D eigenvalue weighted by atomic mass is 9.84. The van der Waals surface area contributed by atoms with Gasteiger partial charge in [0.2, 0.25) is 5.91 Å². The molecule has 0 radical (unpaired) electrons. The van der Waals surface area contributed by atoms with E-state index >= 15 is 0 Å². The Balaban J connectivity index is 1.40. The molecular formula is C26H31N3O6.